The van der Waals surface area contributed by atoms with Crippen LogP contribution in [0.1, 0.15) is 18.4 Å². The minimum atomic E-state index is -3.71. The molecule has 1 atom stereocenters. The first kappa shape index (κ1) is 15.7. The summed E-state index contributed by atoms with van der Waals surface area (Å²) in [4.78, 5) is -0.0677. The van der Waals surface area contributed by atoms with Gasteiger partial charge in [-0.1, -0.05) is 11.6 Å². The standard InChI is InChI=1S/C13H18ClFN2O2S/c1-9-5-13(11(14)6-12(9)15)20(18,19)17-8-10-3-2-4-16-7-10/h5-6,10,16-17H,2-4,7-8H2,1H3. The lowest BCUT2D eigenvalue weighted by Crippen LogP contribution is -2.38. The maximum atomic E-state index is 13.3. The number of hydrogen-bond acceptors (Lipinski definition) is 3. The third-order valence-electron chi connectivity index (χ3n) is 3.46. The van der Waals surface area contributed by atoms with Crippen LogP contribution in [0.3, 0.4) is 0 Å². The van der Waals surface area contributed by atoms with Gasteiger partial charge in [-0.3, -0.25) is 0 Å². The van der Waals surface area contributed by atoms with E-state index in [4.69, 9.17) is 11.6 Å². The van der Waals surface area contributed by atoms with E-state index in [0.29, 0.717) is 6.54 Å². The lowest BCUT2D eigenvalue weighted by atomic mass is 10.0. The predicted molar refractivity (Wildman–Crippen MR) is 76.9 cm³/mol. The van der Waals surface area contributed by atoms with Gasteiger partial charge >= 0.3 is 0 Å². The number of aryl methyl sites for hydroxylation is 1. The highest BCUT2D eigenvalue weighted by Gasteiger charge is 2.22. The third-order valence-corrected chi connectivity index (χ3v) is 5.35. The van der Waals surface area contributed by atoms with Gasteiger partial charge in [-0.2, -0.15) is 0 Å². The molecule has 0 saturated carbocycles. The molecule has 1 aromatic carbocycles. The van der Waals surface area contributed by atoms with Gasteiger partial charge in [0.15, 0.2) is 0 Å². The molecule has 7 heteroatoms. The van der Waals surface area contributed by atoms with Crippen LogP contribution in [0, 0.1) is 18.7 Å². The van der Waals surface area contributed by atoms with E-state index in [-0.39, 0.29) is 21.4 Å². The zero-order valence-electron chi connectivity index (χ0n) is 11.2. The van der Waals surface area contributed by atoms with Crippen molar-refractivity contribution in [1.29, 1.82) is 0 Å². The summed E-state index contributed by atoms with van der Waals surface area (Å²) in [6.07, 6.45) is 2.04. The summed E-state index contributed by atoms with van der Waals surface area (Å²) in [5, 5.41) is 3.13. The van der Waals surface area contributed by atoms with Gasteiger partial charge in [-0.05, 0) is 56.5 Å². The summed E-state index contributed by atoms with van der Waals surface area (Å²) >= 11 is 5.84. The van der Waals surface area contributed by atoms with Gasteiger partial charge in [0.25, 0.3) is 0 Å². The number of rotatable bonds is 4. The first-order valence-electron chi connectivity index (χ1n) is 6.56. The Hall–Kier alpha value is -0.690. The number of sulfonamides is 1. The van der Waals surface area contributed by atoms with Crippen LogP contribution in [0.25, 0.3) is 0 Å². The maximum Gasteiger partial charge on any atom is 0.242 e. The van der Waals surface area contributed by atoms with Crippen LogP contribution in [0.5, 0.6) is 0 Å². The van der Waals surface area contributed by atoms with Crippen molar-refractivity contribution in [2.45, 2.75) is 24.7 Å². The average Bonchev–Trinajstić information content (AvgIpc) is 2.42. The monoisotopic (exact) mass is 320 g/mol. The molecule has 2 N–H and O–H groups in total. The Morgan fingerprint density at radius 2 is 2.25 bits per heavy atom. The van der Waals surface area contributed by atoms with Crippen LogP contribution in [-0.2, 0) is 10.0 Å². The zero-order valence-corrected chi connectivity index (χ0v) is 12.8. The van der Waals surface area contributed by atoms with Crippen molar-refractivity contribution in [3.05, 3.63) is 28.5 Å². The van der Waals surface area contributed by atoms with E-state index in [1.807, 2.05) is 0 Å². The summed E-state index contributed by atoms with van der Waals surface area (Å²) in [6, 6.07) is 2.30. The normalized spacial score (nSPS) is 20.1. The van der Waals surface area contributed by atoms with Gasteiger partial charge in [0, 0.05) is 6.54 Å². The second-order valence-electron chi connectivity index (χ2n) is 5.10. The summed E-state index contributed by atoms with van der Waals surface area (Å²) in [5.74, 6) is -0.232. The largest absolute Gasteiger partial charge is 0.316 e. The second kappa shape index (κ2) is 6.39. The predicted octanol–water partition coefficient (Wildman–Crippen LogP) is 2.07. The first-order valence-corrected chi connectivity index (χ1v) is 8.42. The van der Waals surface area contributed by atoms with Crippen LogP contribution in [0.15, 0.2) is 17.0 Å². The van der Waals surface area contributed by atoms with E-state index in [9.17, 15) is 12.8 Å². The zero-order chi connectivity index (χ0) is 14.8. The molecule has 20 heavy (non-hydrogen) atoms. The van der Waals surface area contributed by atoms with Crippen LogP contribution in [0.4, 0.5) is 4.39 Å². The smallest absolute Gasteiger partial charge is 0.242 e. The van der Waals surface area contributed by atoms with E-state index < -0.39 is 15.8 Å². The van der Waals surface area contributed by atoms with Crippen molar-refractivity contribution >= 4 is 21.6 Å². The lowest BCUT2D eigenvalue weighted by molar-refractivity contribution is 0.376. The Kier molecular flexibility index (Phi) is 5.01. The molecule has 1 fully saturated rings. The fraction of sp³-hybridized carbons (Fsp3) is 0.538. The minimum absolute atomic E-state index is 0.0677. The van der Waals surface area contributed by atoms with Gasteiger partial charge in [-0.25, -0.2) is 17.5 Å². The average molecular weight is 321 g/mol. The fourth-order valence-corrected chi connectivity index (χ4v) is 3.95. The SMILES string of the molecule is Cc1cc(S(=O)(=O)NCC2CCCNC2)c(Cl)cc1F. The van der Waals surface area contributed by atoms with E-state index in [1.165, 1.54) is 13.0 Å². The molecule has 0 aliphatic carbocycles. The molecule has 0 bridgehead atoms. The highest BCUT2D eigenvalue weighted by Crippen LogP contribution is 2.24. The van der Waals surface area contributed by atoms with Crippen LogP contribution < -0.4 is 10.0 Å². The number of hydrogen-bond donors (Lipinski definition) is 2. The third kappa shape index (κ3) is 3.69. The maximum absolute atomic E-state index is 13.3. The van der Waals surface area contributed by atoms with Crippen molar-refractivity contribution in [2.75, 3.05) is 19.6 Å². The molecule has 0 amide bonds. The van der Waals surface area contributed by atoms with E-state index >= 15 is 0 Å². The molecular formula is C13H18ClFN2O2S. The Morgan fingerprint density at radius 1 is 1.50 bits per heavy atom. The van der Waals surface area contributed by atoms with Crippen molar-refractivity contribution in [1.82, 2.24) is 10.0 Å². The summed E-state index contributed by atoms with van der Waals surface area (Å²) in [5.41, 5.74) is 0.258. The van der Waals surface area contributed by atoms with Crippen molar-refractivity contribution in [3.8, 4) is 0 Å². The number of halogens is 2. The van der Waals surface area contributed by atoms with Crippen LogP contribution >= 0.6 is 11.6 Å². The van der Waals surface area contributed by atoms with Gasteiger partial charge in [0.2, 0.25) is 10.0 Å². The molecule has 4 nitrogen and oxygen atoms in total. The Labute approximate surface area is 123 Å². The molecule has 1 saturated heterocycles. The molecule has 1 aliphatic rings. The molecule has 1 heterocycles. The van der Waals surface area contributed by atoms with Crippen LogP contribution in [0.2, 0.25) is 5.02 Å². The Bertz CT molecular complexity index is 586. The Balaban J connectivity index is 2.11. The molecule has 1 aliphatic heterocycles. The molecule has 1 aromatic rings. The highest BCUT2D eigenvalue weighted by molar-refractivity contribution is 7.89. The van der Waals surface area contributed by atoms with Crippen molar-refractivity contribution < 1.29 is 12.8 Å². The fourth-order valence-electron chi connectivity index (χ4n) is 2.24. The molecule has 1 unspecified atom stereocenters. The van der Waals surface area contributed by atoms with Gasteiger partial charge in [-0.15, -0.1) is 0 Å². The quantitative estimate of drug-likeness (QED) is 0.893. The second-order valence-corrected chi connectivity index (χ2v) is 7.24. The summed E-state index contributed by atoms with van der Waals surface area (Å²) in [6.45, 7) is 3.66. The van der Waals surface area contributed by atoms with E-state index in [2.05, 4.69) is 10.0 Å². The molecule has 2 rings (SSSR count). The van der Waals surface area contributed by atoms with E-state index in [1.54, 1.807) is 0 Å². The summed E-state index contributed by atoms with van der Waals surface area (Å²) in [7, 11) is -3.71. The van der Waals surface area contributed by atoms with Gasteiger partial charge < -0.3 is 5.32 Å². The first-order chi connectivity index (χ1) is 9.40. The van der Waals surface area contributed by atoms with Gasteiger partial charge in [0.05, 0.1) is 5.02 Å². The van der Waals surface area contributed by atoms with E-state index in [0.717, 1.165) is 32.0 Å². The molecule has 0 spiro atoms. The molecule has 0 aromatic heterocycles. The van der Waals surface area contributed by atoms with Crippen molar-refractivity contribution in [2.24, 2.45) is 5.92 Å². The molecule has 112 valence electrons. The molecule has 0 radical (unpaired) electrons. The Morgan fingerprint density at radius 3 is 2.90 bits per heavy atom. The minimum Gasteiger partial charge on any atom is -0.316 e. The van der Waals surface area contributed by atoms with Crippen molar-refractivity contribution in [3.63, 3.8) is 0 Å². The number of nitrogens with one attached hydrogen (secondary N) is 2. The number of benzene rings is 1. The number of piperidine rings is 1. The lowest BCUT2D eigenvalue weighted by Gasteiger charge is -2.23. The van der Waals surface area contributed by atoms with Crippen LogP contribution in [-0.4, -0.2) is 28.1 Å². The topological polar surface area (TPSA) is 58.2 Å². The summed E-state index contributed by atoms with van der Waals surface area (Å²) < 4.78 is 40.3. The highest BCUT2D eigenvalue weighted by atomic mass is 35.5. The molecular weight excluding hydrogens is 303 g/mol. The van der Waals surface area contributed by atoms with Gasteiger partial charge in [0.1, 0.15) is 10.7 Å².